The Morgan fingerprint density at radius 2 is 1.96 bits per heavy atom. The van der Waals surface area contributed by atoms with Gasteiger partial charge in [0.15, 0.2) is 0 Å². The van der Waals surface area contributed by atoms with Crippen LogP contribution in [0.2, 0.25) is 0 Å². The Kier molecular flexibility index (Phi) is 5.47. The van der Waals surface area contributed by atoms with E-state index < -0.39 is 11.4 Å². The molecular weight excluding hydrogens is 294 g/mol. The van der Waals surface area contributed by atoms with Crippen molar-refractivity contribution in [1.82, 2.24) is 10.6 Å². The zero-order valence-corrected chi connectivity index (χ0v) is 13.7. The number of primary amides is 1. The number of para-hydroxylation sites is 1. The van der Waals surface area contributed by atoms with Gasteiger partial charge in [-0.3, -0.25) is 4.79 Å². The van der Waals surface area contributed by atoms with Crippen LogP contribution >= 0.6 is 0 Å². The van der Waals surface area contributed by atoms with E-state index in [9.17, 15) is 9.59 Å². The number of hydrogen-bond acceptors (Lipinski definition) is 3. The van der Waals surface area contributed by atoms with Gasteiger partial charge in [-0.15, -0.1) is 0 Å². The summed E-state index contributed by atoms with van der Waals surface area (Å²) in [6.45, 7) is 4.17. The Balaban J connectivity index is 1.83. The quantitative estimate of drug-likeness (QED) is 0.747. The lowest BCUT2D eigenvalue weighted by molar-refractivity contribution is -0.123. The fourth-order valence-electron chi connectivity index (χ4n) is 2.86. The van der Waals surface area contributed by atoms with Crippen molar-refractivity contribution in [2.24, 2.45) is 5.73 Å². The first-order valence-corrected chi connectivity index (χ1v) is 8.00. The van der Waals surface area contributed by atoms with Crippen molar-refractivity contribution >= 4 is 11.9 Å². The molecule has 1 aromatic carbocycles. The lowest BCUT2D eigenvalue weighted by Gasteiger charge is -2.27. The largest absolute Gasteiger partial charge is 0.491 e. The maximum absolute atomic E-state index is 12.1. The third-order valence-corrected chi connectivity index (χ3v) is 4.24. The van der Waals surface area contributed by atoms with Crippen molar-refractivity contribution < 1.29 is 14.3 Å². The molecule has 0 unspecified atom stereocenters. The highest BCUT2D eigenvalue weighted by Crippen LogP contribution is 2.29. The number of nitrogens with two attached hydrogens (primary N) is 1. The Bertz CT molecular complexity index is 568. The molecule has 0 radical (unpaired) electrons. The highest BCUT2D eigenvalue weighted by molar-refractivity contribution is 5.90. The molecular formula is C17H25N3O3. The summed E-state index contributed by atoms with van der Waals surface area (Å²) in [7, 11) is 0. The molecule has 1 aliphatic rings. The van der Waals surface area contributed by atoms with E-state index in [0.717, 1.165) is 24.2 Å². The van der Waals surface area contributed by atoms with Crippen LogP contribution in [0.5, 0.6) is 5.75 Å². The maximum atomic E-state index is 12.1. The molecule has 1 aromatic rings. The average molecular weight is 319 g/mol. The van der Waals surface area contributed by atoms with Gasteiger partial charge in [0, 0.05) is 0 Å². The van der Waals surface area contributed by atoms with Crippen LogP contribution in [0.1, 0.15) is 38.2 Å². The minimum absolute atomic E-state index is 0.194. The molecule has 23 heavy (non-hydrogen) atoms. The molecule has 6 nitrogen and oxygen atoms in total. The van der Waals surface area contributed by atoms with Crippen molar-refractivity contribution in [2.45, 2.75) is 51.1 Å². The van der Waals surface area contributed by atoms with Gasteiger partial charge >= 0.3 is 6.03 Å². The van der Waals surface area contributed by atoms with Gasteiger partial charge in [-0.25, -0.2) is 4.79 Å². The second-order valence-corrected chi connectivity index (χ2v) is 6.23. The van der Waals surface area contributed by atoms with Crippen molar-refractivity contribution in [3.63, 3.8) is 0 Å². The van der Waals surface area contributed by atoms with E-state index in [1.54, 1.807) is 0 Å². The van der Waals surface area contributed by atoms with Crippen LogP contribution in [0, 0.1) is 6.92 Å². The summed E-state index contributed by atoms with van der Waals surface area (Å²) in [6, 6.07) is 7.14. The minimum Gasteiger partial charge on any atom is -0.491 e. The first-order chi connectivity index (χ1) is 10.9. The predicted molar refractivity (Wildman–Crippen MR) is 88.2 cm³/mol. The van der Waals surface area contributed by atoms with Crippen LogP contribution in [0.25, 0.3) is 0 Å². The van der Waals surface area contributed by atoms with Gasteiger partial charge in [0.1, 0.15) is 17.9 Å². The third-order valence-electron chi connectivity index (χ3n) is 4.24. The summed E-state index contributed by atoms with van der Waals surface area (Å²) in [4.78, 5) is 23.8. The Morgan fingerprint density at radius 1 is 1.30 bits per heavy atom. The molecule has 0 saturated heterocycles. The Morgan fingerprint density at radius 3 is 2.57 bits per heavy atom. The van der Waals surface area contributed by atoms with E-state index >= 15 is 0 Å². The normalized spacial score (nSPS) is 17.3. The fraction of sp³-hybridized carbons (Fsp3) is 0.529. The molecule has 0 bridgehead atoms. The summed E-state index contributed by atoms with van der Waals surface area (Å²) in [6.07, 6.45) is 3.00. The van der Waals surface area contributed by atoms with Crippen LogP contribution in [-0.4, -0.2) is 30.1 Å². The van der Waals surface area contributed by atoms with E-state index in [4.69, 9.17) is 10.5 Å². The van der Waals surface area contributed by atoms with Crippen molar-refractivity contribution in [3.05, 3.63) is 29.8 Å². The number of urea groups is 1. The maximum Gasteiger partial charge on any atom is 0.315 e. The fourth-order valence-corrected chi connectivity index (χ4v) is 2.86. The Hall–Kier alpha value is -2.24. The number of amides is 3. The van der Waals surface area contributed by atoms with E-state index in [0.29, 0.717) is 19.4 Å². The minimum atomic E-state index is -0.902. The predicted octanol–water partition coefficient (Wildman–Crippen LogP) is 1.86. The molecule has 126 valence electrons. The molecule has 0 spiro atoms. The lowest BCUT2D eigenvalue weighted by Crippen LogP contribution is -2.59. The summed E-state index contributed by atoms with van der Waals surface area (Å²) in [5.41, 5.74) is 5.60. The summed E-state index contributed by atoms with van der Waals surface area (Å²) in [5, 5.41) is 5.55. The van der Waals surface area contributed by atoms with E-state index in [-0.39, 0.29) is 12.1 Å². The molecule has 3 amide bonds. The molecule has 0 heterocycles. The highest BCUT2D eigenvalue weighted by atomic mass is 16.5. The van der Waals surface area contributed by atoms with Crippen molar-refractivity contribution in [1.29, 1.82) is 0 Å². The molecule has 2 rings (SSSR count). The molecule has 1 aliphatic carbocycles. The first-order valence-electron chi connectivity index (χ1n) is 8.00. The van der Waals surface area contributed by atoms with Crippen molar-refractivity contribution in [2.75, 3.05) is 6.61 Å². The van der Waals surface area contributed by atoms with Crippen molar-refractivity contribution in [3.8, 4) is 5.75 Å². The lowest BCUT2D eigenvalue weighted by atomic mass is 9.97. The number of carbonyl (C=O) groups excluding carboxylic acids is 2. The van der Waals surface area contributed by atoms with Crippen LogP contribution in [0.3, 0.4) is 0 Å². The van der Waals surface area contributed by atoms with Gasteiger partial charge in [-0.1, -0.05) is 31.0 Å². The number of benzene rings is 1. The van der Waals surface area contributed by atoms with Crippen LogP contribution < -0.4 is 21.1 Å². The van der Waals surface area contributed by atoms with E-state index in [1.807, 2.05) is 38.1 Å². The summed E-state index contributed by atoms with van der Waals surface area (Å²) in [5.74, 6) is 0.333. The van der Waals surface area contributed by atoms with E-state index in [1.165, 1.54) is 0 Å². The Labute approximate surface area is 136 Å². The number of ether oxygens (including phenoxy) is 1. The third kappa shape index (κ3) is 4.37. The van der Waals surface area contributed by atoms with Gasteiger partial charge in [-0.2, -0.15) is 0 Å². The topological polar surface area (TPSA) is 93.4 Å². The zero-order chi connectivity index (χ0) is 16.9. The molecule has 0 aromatic heterocycles. The van der Waals surface area contributed by atoms with Gasteiger partial charge in [-0.05, 0) is 38.3 Å². The molecule has 1 atom stereocenters. The molecule has 1 fully saturated rings. The molecule has 4 N–H and O–H groups in total. The SMILES string of the molecule is Cc1ccccc1OC[C@H](C)NC(=O)NC1(C(N)=O)CCCC1. The monoisotopic (exact) mass is 319 g/mol. The average Bonchev–Trinajstić information content (AvgIpc) is 2.96. The highest BCUT2D eigenvalue weighted by Gasteiger charge is 2.41. The molecule has 1 saturated carbocycles. The van der Waals surface area contributed by atoms with Gasteiger partial charge in [0.25, 0.3) is 0 Å². The molecule has 6 heteroatoms. The standard InChI is InChI=1S/C17H25N3O3/c1-12-7-3-4-8-14(12)23-11-13(2)19-16(22)20-17(15(18)21)9-5-6-10-17/h3-4,7-8,13H,5-6,9-11H2,1-2H3,(H2,18,21)(H2,19,20,22)/t13-/m0/s1. The number of nitrogens with one attached hydrogen (secondary N) is 2. The van der Waals surface area contributed by atoms with Gasteiger partial charge in [0.05, 0.1) is 6.04 Å². The smallest absolute Gasteiger partial charge is 0.315 e. The van der Waals surface area contributed by atoms with Crippen LogP contribution in [0.15, 0.2) is 24.3 Å². The number of aryl methyl sites for hydroxylation is 1. The number of rotatable bonds is 6. The molecule has 0 aliphatic heterocycles. The second-order valence-electron chi connectivity index (χ2n) is 6.23. The first kappa shape index (κ1) is 17.1. The second kappa shape index (κ2) is 7.35. The van der Waals surface area contributed by atoms with Crippen LogP contribution in [0.4, 0.5) is 4.79 Å². The summed E-state index contributed by atoms with van der Waals surface area (Å²) < 4.78 is 5.71. The van der Waals surface area contributed by atoms with Gasteiger partial charge in [0.2, 0.25) is 5.91 Å². The number of carbonyl (C=O) groups is 2. The van der Waals surface area contributed by atoms with E-state index in [2.05, 4.69) is 10.6 Å². The number of hydrogen-bond donors (Lipinski definition) is 3. The van der Waals surface area contributed by atoms with Crippen LogP contribution in [-0.2, 0) is 4.79 Å². The zero-order valence-electron chi connectivity index (χ0n) is 13.7. The summed E-state index contributed by atoms with van der Waals surface area (Å²) >= 11 is 0. The van der Waals surface area contributed by atoms with Gasteiger partial charge < -0.3 is 21.1 Å².